The van der Waals surface area contributed by atoms with Crippen LogP contribution in [0.5, 0.6) is 5.75 Å². The Balaban J connectivity index is 1.88. The molecular weight excluding hydrogens is 256 g/mol. The smallest absolute Gasteiger partial charge is 0.253 e. The Morgan fingerprint density at radius 2 is 2.05 bits per heavy atom. The van der Waals surface area contributed by atoms with Crippen molar-refractivity contribution in [1.82, 2.24) is 9.55 Å². The number of aliphatic hydroxyl groups is 1. The molecule has 0 atom stereocenters. The van der Waals surface area contributed by atoms with Gasteiger partial charge in [-0.2, -0.15) is 0 Å². The maximum Gasteiger partial charge on any atom is 0.253 e. The highest BCUT2D eigenvalue weighted by atomic mass is 16.5. The van der Waals surface area contributed by atoms with Crippen molar-refractivity contribution < 1.29 is 9.84 Å². The van der Waals surface area contributed by atoms with Crippen LogP contribution in [0.3, 0.4) is 0 Å². The lowest BCUT2D eigenvalue weighted by Crippen LogP contribution is -2.22. The van der Waals surface area contributed by atoms with Crippen LogP contribution in [0.25, 0.3) is 0 Å². The second-order valence-electron chi connectivity index (χ2n) is 3.94. The van der Waals surface area contributed by atoms with Gasteiger partial charge in [0.2, 0.25) is 0 Å². The Bertz CT molecular complexity index is 666. The van der Waals surface area contributed by atoms with E-state index in [1.807, 2.05) is 12.1 Å². The SMILES string of the molecule is O=c1ccncn1CCOc1ccc(C#CCO)cc1. The van der Waals surface area contributed by atoms with Crippen molar-refractivity contribution in [1.29, 1.82) is 0 Å². The third-order valence-electron chi connectivity index (χ3n) is 2.56. The van der Waals surface area contributed by atoms with Crippen LogP contribution < -0.4 is 10.3 Å². The first kappa shape index (κ1) is 13.8. The molecule has 1 aromatic carbocycles. The number of ether oxygens (including phenoxy) is 1. The Kier molecular flexibility index (Phi) is 4.93. The van der Waals surface area contributed by atoms with Crippen LogP contribution in [0, 0.1) is 11.8 Å². The standard InChI is InChI=1S/C15H14N2O3/c18-10-1-2-13-3-5-14(6-4-13)20-11-9-17-12-16-8-7-15(17)19/h3-8,12,18H,9-11H2. The molecule has 1 aromatic heterocycles. The molecule has 1 heterocycles. The number of hydrogen-bond acceptors (Lipinski definition) is 4. The van der Waals surface area contributed by atoms with Crippen molar-refractivity contribution in [3.05, 3.63) is 58.8 Å². The van der Waals surface area contributed by atoms with E-state index in [-0.39, 0.29) is 12.2 Å². The molecule has 0 amide bonds. The highest BCUT2D eigenvalue weighted by molar-refractivity contribution is 5.38. The van der Waals surface area contributed by atoms with E-state index in [2.05, 4.69) is 16.8 Å². The van der Waals surface area contributed by atoms with Crippen LogP contribution in [0.15, 0.2) is 47.7 Å². The number of aliphatic hydroxyl groups excluding tert-OH is 1. The van der Waals surface area contributed by atoms with Crippen LogP contribution in [0.2, 0.25) is 0 Å². The third-order valence-corrected chi connectivity index (χ3v) is 2.56. The molecule has 0 saturated carbocycles. The Morgan fingerprint density at radius 1 is 1.25 bits per heavy atom. The fourth-order valence-corrected chi connectivity index (χ4v) is 1.58. The van der Waals surface area contributed by atoms with Gasteiger partial charge in [-0.1, -0.05) is 11.8 Å². The molecule has 0 radical (unpaired) electrons. The third kappa shape index (κ3) is 3.97. The van der Waals surface area contributed by atoms with Crippen LogP contribution in [0.4, 0.5) is 0 Å². The van der Waals surface area contributed by atoms with Gasteiger partial charge in [-0.15, -0.1) is 0 Å². The van der Waals surface area contributed by atoms with Crippen LogP contribution in [-0.4, -0.2) is 27.9 Å². The highest BCUT2D eigenvalue weighted by Gasteiger charge is 1.97. The normalized spacial score (nSPS) is 9.65. The quantitative estimate of drug-likeness (QED) is 0.829. The van der Waals surface area contributed by atoms with E-state index in [4.69, 9.17) is 9.84 Å². The first-order valence-electron chi connectivity index (χ1n) is 6.12. The zero-order valence-electron chi connectivity index (χ0n) is 10.8. The predicted octanol–water partition coefficient (Wildman–Crippen LogP) is 0.666. The Morgan fingerprint density at radius 3 is 2.75 bits per heavy atom. The summed E-state index contributed by atoms with van der Waals surface area (Å²) in [7, 11) is 0. The molecule has 1 N–H and O–H groups in total. The molecule has 5 nitrogen and oxygen atoms in total. The first-order chi connectivity index (χ1) is 9.79. The van der Waals surface area contributed by atoms with Crippen molar-refractivity contribution in [3.8, 4) is 17.6 Å². The van der Waals surface area contributed by atoms with Crippen molar-refractivity contribution in [3.63, 3.8) is 0 Å². The summed E-state index contributed by atoms with van der Waals surface area (Å²) in [6.45, 7) is 0.671. The maximum absolute atomic E-state index is 11.4. The summed E-state index contributed by atoms with van der Waals surface area (Å²) < 4.78 is 7.03. The van der Waals surface area contributed by atoms with Gasteiger partial charge in [0.05, 0.1) is 12.9 Å². The number of nitrogens with zero attached hydrogens (tertiary/aromatic N) is 2. The molecule has 0 bridgehead atoms. The summed E-state index contributed by atoms with van der Waals surface area (Å²) in [5, 5.41) is 8.60. The van der Waals surface area contributed by atoms with E-state index >= 15 is 0 Å². The van der Waals surface area contributed by atoms with E-state index < -0.39 is 0 Å². The Hall–Kier alpha value is -2.58. The van der Waals surface area contributed by atoms with Crippen molar-refractivity contribution in [2.24, 2.45) is 0 Å². The minimum atomic E-state index is -0.155. The molecule has 0 aliphatic carbocycles. The van der Waals surface area contributed by atoms with Gasteiger partial charge >= 0.3 is 0 Å². The van der Waals surface area contributed by atoms with E-state index in [1.54, 1.807) is 12.1 Å². The lowest BCUT2D eigenvalue weighted by molar-refractivity contribution is 0.295. The molecule has 0 aliphatic heterocycles. The lowest BCUT2D eigenvalue weighted by atomic mass is 10.2. The van der Waals surface area contributed by atoms with E-state index in [0.29, 0.717) is 18.9 Å². The zero-order valence-corrected chi connectivity index (χ0v) is 10.8. The molecule has 0 saturated heterocycles. The average molecular weight is 270 g/mol. The van der Waals surface area contributed by atoms with E-state index in [0.717, 1.165) is 5.56 Å². The number of aromatic nitrogens is 2. The topological polar surface area (TPSA) is 64.4 Å². The second-order valence-corrected chi connectivity index (χ2v) is 3.94. The molecule has 102 valence electrons. The summed E-state index contributed by atoms with van der Waals surface area (Å²) in [5.41, 5.74) is 0.716. The summed E-state index contributed by atoms with van der Waals surface area (Å²) in [5.74, 6) is 6.08. The molecule has 2 aromatic rings. The molecular formula is C15H14N2O3. The highest BCUT2D eigenvalue weighted by Crippen LogP contribution is 2.11. The van der Waals surface area contributed by atoms with Gasteiger partial charge in [-0.05, 0) is 24.3 Å². The molecule has 20 heavy (non-hydrogen) atoms. The average Bonchev–Trinajstić information content (AvgIpc) is 2.48. The van der Waals surface area contributed by atoms with Gasteiger partial charge < -0.3 is 9.84 Å². The van der Waals surface area contributed by atoms with Crippen molar-refractivity contribution in [2.45, 2.75) is 6.54 Å². The monoisotopic (exact) mass is 270 g/mol. The van der Waals surface area contributed by atoms with E-state index in [1.165, 1.54) is 23.2 Å². The maximum atomic E-state index is 11.4. The van der Waals surface area contributed by atoms with Gasteiger partial charge in [0, 0.05) is 17.8 Å². The fourth-order valence-electron chi connectivity index (χ4n) is 1.58. The molecule has 0 unspecified atom stereocenters. The van der Waals surface area contributed by atoms with Gasteiger partial charge in [0.15, 0.2) is 0 Å². The van der Waals surface area contributed by atoms with Crippen LogP contribution in [-0.2, 0) is 6.54 Å². The summed E-state index contributed by atoms with van der Waals surface area (Å²) in [6.07, 6.45) is 2.95. The van der Waals surface area contributed by atoms with E-state index in [9.17, 15) is 4.79 Å². The number of benzene rings is 1. The molecule has 0 aliphatic rings. The number of hydrogen-bond donors (Lipinski definition) is 1. The first-order valence-corrected chi connectivity index (χ1v) is 6.12. The minimum Gasteiger partial charge on any atom is -0.492 e. The molecule has 5 heteroatoms. The largest absolute Gasteiger partial charge is 0.492 e. The molecule has 2 rings (SSSR count). The zero-order chi connectivity index (χ0) is 14.2. The Labute approximate surface area is 116 Å². The summed E-state index contributed by atoms with van der Waals surface area (Å²) in [4.78, 5) is 15.3. The lowest BCUT2D eigenvalue weighted by Gasteiger charge is -2.07. The molecule has 0 spiro atoms. The fraction of sp³-hybridized carbons (Fsp3) is 0.200. The molecule has 0 fully saturated rings. The van der Waals surface area contributed by atoms with Crippen molar-refractivity contribution >= 4 is 0 Å². The minimum absolute atomic E-state index is 0.0989. The van der Waals surface area contributed by atoms with Gasteiger partial charge in [-0.25, -0.2) is 4.98 Å². The predicted molar refractivity (Wildman–Crippen MR) is 74.4 cm³/mol. The van der Waals surface area contributed by atoms with Crippen LogP contribution in [0.1, 0.15) is 5.56 Å². The van der Waals surface area contributed by atoms with Crippen LogP contribution >= 0.6 is 0 Å². The van der Waals surface area contributed by atoms with Gasteiger partial charge in [-0.3, -0.25) is 9.36 Å². The summed E-state index contributed by atoms with van der Waals surface area (Å²) >= 11 is 0. The van der Waals surface area contributed by atoms with Crippen molar-refractivity contribution in [2.75, 3.05) is 13.2 Å². The van der Waals surface area contributed by atoms with Gasteiger partial charge in [0.25, 0.3) is 5.56 Å². The summed E-state index contributed by atoms with van der Waals surface area (Å²) in [6, 6.07) is 8.64. The second kappa shape index (κ2) is 7.12. The number of rotatable bonds is 4. The van der Waals surface area contributed by atoms with Gasteiger partial charge in [0.1, 0.15) is 19.0 Å².